The number of hydrogen-bond acceptors (Lipinski definition) is 3. The predicted molar refractivity (Wildman–Crippen MR) is 115 cm³/mol. The van der Waals surface area contributed by atoms with Gasteiger partial charge in [0, 0.05) is 36.3 Å². The second-order valence-electron chi connectivity index (χ2n) is 6.60. The molecular weight excluding hydrogens is 388 g/mol. The second kappa shape index (κ2) is 9.26. The number of rotatable bonds is 6. The molecule has 0 saturated carbocycles. The summed E-state index contributed by atoms with van der Waals surface area (Å²) in [5.41, 5.74) is 2.51. The summed E-state index contributed by atoms with van der Waals surface area (Å²) in [6.07, 6.45) is 3.24. The number of anilines is 1. The zero-order valence-electron chi connectivity index (χ0n) is 16.2. The highest BCUT2D eigenvalue weighted by Crippen LogP contribution is 2.24. The van der Waals surface area contributed by atoms with Crippen LogP contribution in [0, 0.1) is 0 Å². The zero-order valence-corrected chi connectivity index (χ0v) is 16.9. The minimum Gasteiger partial charge on any atom is -0.459 e. The third-order valence-electron chi connectivity index (χ3n) is 4.21. The minimum atomic E-state index is -0.139. The third kappa shape index (κ3) is 5.83. The highest BCUT2D eigenvalue weighted by atomic mass is 35.5. The quantitative estimate of drug-likeness (QED) is 0.568. The Morgan fingerprint density at radius 1 is 1.03 bits per heavy atom. The summed E-state index contributed by atoms with van der Waals surface area (Å²) in [6.45, 7) is 1.82. The molecule has 0 saturated heterocycles. The normalized spacial score (nSPS) is 10.9. The molecule has 6 heteroatoms. The van der Waals surface area contributed by atoms with Crippen molar-refractivity contribution < 1.29 is 14.0 Å². The summed E-state index contributed by atoms with van der Waals surface area (Å²) in [7, 11) is 1.72. The van der Waals surface area contributed by atoms with Crippen molar-refractivity contribution in [1.29, 1.82) is 0 Å². The number of carbonyl (C=O) groups is 2. The molecule has 0 radical (unpaired) electrons. The highest BCUT2D eigenvalue weighted by Gasteiger charge is 2.10. The van der Waals surface area contributed by atoms with Gasteiger partial charge >= 0.3 is 0 Å². The molecule has 3 rings (SSSR count). The minimum absolute atomic E-state index is 0.123. The molecule has 0 unspecified atom stereocenters. The van der Waals surface area contributed by atoms with Gasteiger partial charge in [0.25, 0.3) is 0 Å². The molecule has 1 N–H and O–H groups in total. The summed E-state index contributed by atoms with van der Waals surface area (Å²) >= 11 is 5.91. The Balaban J connectivity index is 1.58. The number of nitrogens with one attached hydrogen (secondary N) is 1. The molecule has 0 bridgehead atoms. The van der Waals surface area contributed by atoms with E-state index < -0.39 is 0 Å². The zero-order chi connectivity index (χ0) is 20.8. The van der Waals surface area contributed by atoms with Crippen LogP contribution in [0.4, 0.5) is 5.69 Å². The Kier molecular flexibility index (Phi) is 6.52. The van der Waals surface area contributed by atoms with Crippen LogP contribution in [-0.2, 0) is 16.1 Å². The molecule has 29 heavy (non-hydrogen) atoms. The van der Waals surface area contributed by atoms with E-state index in [2.05, 4.69) is 5.32 Å². The number of likely N-dealkylation sites (N-methyl/N-ethyl adjacent to an activating group) is 1. The molecule has 0 aliphatic heterocycles. The Hall–Kier alpha value is -3.31. The van der Waals surface area contributed by atoms with Crippen molar-refractivity contribution in [1.82, 2.24) is 4.90 Å². The number of furan rings is 1. The van der Waals surface area contributed by atoms with Gasteiger partial charge < -0.3 is 14.6 Å². The van der Waals surface area contributed by atoms with Crippen LogP contribution in [-0.4, -0.2) is 23.8 Å². The average molecular weight is 409 g/mol. The maximum atomic E-state index is 12.4. The lowest BCUT2D eigenvalue weighted by Gasteiger charge is -2.13. The molecule has 148 valence electrons. The molecule has 0 fully saturated rings. The Bertz CT molecular complexity index is 1020. The SMILES string of the molecule is CC(=O)Nc1ccc(/C=C/C(=O)N(C)Cc2ccc(-c3ccc(Cl)cc3)o2)cc1. The number of hydrogen-bond donors (Lipinski definition) is 1. The van der Waals surface area contributed by atoms with Crippen LogP contribution in [0.25, 0.3) is 17.4 Å². The fourth-order valence-corrected chi connectivity index (χ4v) is 2.85. The summed E-state index contributed by atoms with van der Waals surface area (Å²) in [5.74, 6) is 1.16. The first-order valence-corrected chi connectivity index (χ1v) is 9.44. The van der Waals surface area contributed by atoms with Crippen molar-refractivity contribution >= 4 is 35.2 Å². The van der Waals surface area contributed by atoms with E-state index in [4.69, 9.17) is 16.0 Å². The van der Waals surface area contributed by atoms with Gasteiger partial charge in [-0.2, -0.15) is 0 Å². The molecule has 3 aromatic rings. The summed E-state index contributed by atoms with van der Waals surface area (Å²) in [4.78, 5) is 25.0. The summed E-state index contributed by atoms with van der Waals surface area (Å²) in [5, 5.41) is 3.37. The van der Waals surface area contributed by atoms with Crippen molar-refractivity contribution in [3.63, 3.8) is 0 Å². The van der Waals surface area contributed by atoms with E-state index >= 15 is 0 Å². The van der Waals surface area contributed by atoms with E-state index in [1.807, 2.05) is 48.5 Å². The van der Waals surface area contributed by atoms with Crippen molar-refractivity contribution in [2.75, 3.05) is 12.4 Å². The van der Waals surface area contributed by atoms with Crippen LogP contribution >= 0.6 is 11.6 Å². The second-order valence-corrected chi connectivity index (χ2v) is 7.04. The van der Waals surface area contributed by atoms with Crippen LogP contribution in [0.15, 0.2) is 71.2 Å². The topological polar surface area (TPSA) is 62.6 Å². The molecule has 0 spiro atoms. The van der Waals surface area contributed by atoms with Gasteiger partial charge in [0.05, 0.1) is 6.54 Å². The molecule has 0 atom stereocenters. The lowest BCUT2D eigenvalue weighted by Crippen LogP contribution is -2.23. The van der Waals surface area contributed by atoms with Crippen LogP contribution < -0.4 is 5.32 Å². The van der Waals surface area contributed by atoms with Crippen LogP contribution in [0.2, 0.25) is 5.02 Å². The van der Waals surface area contributed by atoms with Gasteiger partial charge in [-0.25, -0.2) is 0 Å². The van der Waals surface area contributed by atoms with E-state index in [1.54, 1.807) is 30.2 Å². The lowest BCUT2D eigenvalue weighted by molar-refractivity contribution is -0.125. The van der Waals surface area contributed by atoms with Gasteiger partial charge in [-0.3, -0.25) is 9.59 Å². The van der Waals surface area contributed by atoms with E-state index in [9.17, 15) is 9.59 Å². The average Bonchev–Trinajstić information content (AvgIpc) is 3.15. The smallest absolute Gasteiger partial charge is 0.246 e. The van der Waals surface area contributed by atoms with Gasteiger partial charge in [0.2, 0.25) is 11.8 Å². The van der Waals surface area contributed by atoms with Gasteiger partial charge in [0.15, 0.2) is 0 Å². The standard InChI is InChI=1S/C23H21ClN2O3/c1-16(27)25-20-10-3-17(4-11-20)5-14-23(28)26(2)15-21-12-13-22(29-21)18-6-8-19(24)9-7-18/h3-14H,15H2,1-2H3,(H,25,27)/b14-5+. The Labute approximate surface area is 174 Å². The Morgan fingerprint density at radius 2 is 1.72 bits per heavy atom. The van der Waals surface area contributed by atoms with Crippen LogP contribution in [0.3, 0.4) is 0 Å². The maximum absolute atomic E-state index is 12.4. The van der Waals surface area contributed by atoms with E-state index in [-0.39, 0.29) is 11.8 Å². The van der Waals surface area contributed by atoms with Crippen molar-refractivity contribution in [2.45, 2.75) is 13.5 Å². The molecule has 0 aliphatic carbocycles. The van der Waals surface area contributed by atoms with E-state index in [0.717, 1.165) is 16.9 Å². The molecule has 2 aromatic carbocycles. The van der Waals surface area contributed by atoms with Gasteiger partial charge in [0.1, 0.15) is 11.5 Å². The summed E-state index contributed by atoms with van der Waals surface area (Å²) < 4.78 is 5.84. The van der Waals surface area contributed by atoms with Crippen LogP contribution in [0.1, 0.15) is 18.2 Å². The fourth-order valence-electron chi connectivity index (χ4n) is 2.72. The first kappa shape index (κ1) is 20.4. The molecule has 5 nitrogen and oxygen atoms in total. The van der Waals surface area contributed by atoms with Crippen molar-refractivity contribution in [2.24, 2.45) is 0 Å². The Morgan fingerprint density at radius 3 is 2.38 bits per heavy atom. The van der Waals surface area contributed by atoms with Gasteiger partial charge in [-0.05, 0) is 60.2 Å². The predicted octanol–water partition coefficient (Wildman–Crippen LogP) is 5.23. The number of amides is 2. The monoisotopic (exact) mass is 408 g/mol. The molecule has 1 aromatic heterocycles. The van der Waals surface area contributed by atoms with E-state index in [0.29, 0.717) is 23.0 Å². The number of benzene rings is 2. The van der Waals surface area contributed by atoms with E-state index in [1.165, 1.54) is 13.0 Å². The number of carbonyl (C=O) groups excluding carboxylic acids is 2. The molecular formula is C23H21ClN2O3. The third-order valence-corrected chi connectivity index (χ3v) is 4.46. The highest BCUT2D eigenvalue weighted by molar-refractivity contribution is 6.30. The van der Waals surface area contributed by atoms with Gasteiger partial charge in [-0.15, -0.1) is 0 Å². The maximum Gasteiger partial charge on any atom is 0.246 e. The van der Waals surface area contributed by atoms with Gasteiger partial charge in [-0.1, -0.05) is 23.7 Å². The first-order chi connectivity index (χ1) is 13.9. The number of nitrogens with zero attached hydrogens (tertiary/aromatic N) is 1. The molecule has 1 heterocycles. The van der Waals surface area contributed by atoms with Crippen molar-refractivity contribution in [3.05, 3.63) is 83.1 Å². The van der Waals surface area contributed by atoms with Crippen LogP contribution in [0.5, 0.6) is 0 Å². The first-order valence-electron chi connectivity index (χ1n) is 9.06. The molecule has 2 amide bonds. The van der Waals surface area contributed by atoms with Crippen molar-refractivity contribution in [3.8, 4) is 11.3 Å². The number of halogens is 1. The lowest BCUT2D eigenvalue weighted by atomic mass is 10.2. The summed E-state index contributed by atoms with van der Waals surface area (Å²) in [6, 6.07) is 18.4. The largest absolute Gasteiger partial charge is 0.459 e. The fraction of sp³-hybridized carbons (Fsp3) is 0.130. The molecule has 0 aliphatic rings.